The Labute approximate surface area is 123 Å². The van der Waals surface area contributed by atoms with E-state index >= 15 is 0 Å². The van der Waals surface area contributed by atoms with Crippen molar-refractivity contribution in [2.75, 3.05) is 5.75 Å². The minimum absolute atomic E-state index is 0.399. The second kappa shape index (κ2) is 4.97. The number of rotatable bonds is 0. The van der Waals surface area contributed by atoms with Crippen molar-refractivity contribution in [3.05, 3.63) is 31.3 Å². The third-order valence-electron chi connectivity index (χ3n) is 2.29. The van der Waals surface area contributed by atoms with Gasteiger partial charge in [-0.3, -0.25) is 0 Å². The van der Waals surface area contributed by atoms with Gasteiger partial charge < -0.3 is 0 Å². The molecule has 3 rings (SSSR count). The van der Waals surface area contributed by atoms with Crippen molar-refractivity contribution in [2.24, 2.45) is 0 Å². The van der Waals surface area contributed by atoms with Gasteiger partial charge in [-0.2, -0.15) is 0 Å². The van der Waals surface area contributed by atoms with Crippen LogP contribution in [0.4, 0.5) is 0 Å². The number of hydrogen-bond donors (Lipinski definition) is 0. The fourth-order valence-electron chi connectivity index (χ4n) is 1.57. The molecule has 0 bridgehead atoms. The number of hydrogen-bond acceptors (Lipinski definition) is 4. The average Bonchev–Trinajstić information content (AvgIpc) is 2.82. The molecule has 0 N–H and O–H groups in total. The van der Waals surface area contributed by atoms with E-state index in [0.717, 1.165) is 25.1 Å². The Morgan fingerprint density at radius 1 is 1.31 bits per heavy atom. The zero-order valence-corrected chi connectivity index (χ0v) is 15.5. The van der Waals surface area contributed by atoms with E-state index in [1.807, 2.05) is 22.6 Å². The summed E-state index contributed by atoms with van der Waals surface area (Å²) in [6, 6.07) is 0. The predicted octanol–water partition coefficient (Wildman–Crippen LogP) is 3.87. The van der Waals surface area contributed by atoms with Crippen LogP contribution in [0, 0.1) is 0 Å². The van der Waals surface area contributed by atoms with Crippen LogP contribution in [0.25, 0.3) is 0 Å². The summed E-state index contributed by atoms with van der Waals surface area (Å²) in [5.74, 6) is 1.24. The molecule has 86 valence electrons. The van der Waals surface area contributed by atoms with Crippen molar-refractivity contribution in [3.63, 3.8) is 0 Å². The van der Waals surface area contributed by atoms with Gasteiger partial charge in [-0.15, -0.1) is 0 Å². The van der Waals surface area contributed by atoms with Gasteiger partial charge in [0.15, 0.2) is 0 Å². The van der Waals surface area contributed by atoms with Crippen molar-refractivity contribution < 1.29 is 0 Å². The molecule has 2 heterocycles. The first-order chi connectivity index (χ1) is 7.66. The van der Waals surface area contributed by atoms with Gasteiger partial charge in [0.1, 0.15) is 0 Å². The van der Waals surface area contributed by atoms with Crippen LogP contribution in [0.5, 0.6) is 0 Å². The van der Waals surface area contributed by atoms with Crippen LogP contribution < -0.4 is 0 Å². The van der Waals surface area contributed by atoms with E-state index in [1.165, 1.54) is 10.7 Å². The summed E-state index contributed by atoms with van der Waals surface area (Å²) in [6.45, 7) is 4.72. The molecule has 0 aromatic heterocycles. The minimum atomic E-state index is 0.399. The van der Waals surface area contributed by atoms with Crippen LogP contribution in [-0.2, 0) is 0 Å². The molecular weight excluding hydrogens is 406 g/mol. The SMILES string of the molecule is CC1(C)CSC2=C(S1)C(=C1SS[Se][Se]1)C=C2. The molecule has 0 unspecified atom stereocenters. The van der Waals surface area contributed by atoms with Crippen molar-refractivity contribution in [2.45, 2.75) is 18.6 Å². The Kier molecular flexibility index (Phi) is 3.94. The zero-order valence-electron chi connectivity index (χ0n) is 8.81. The first-order valence-electron chi connectivity index (χ1n) is 4.82. The molecule has 16 heavy (non-hydrogen) atoms. The first kappa shape index (κ1) is 12.7. The Morgan fingerprint density at radius 2 is 2.19 bits per heavy atom. The van der Waals surface area contributed by atoms with E-state index in [2.05, 4.69) is 47.0 Å². The van der Waals surface area contributed by atoms with Crippen molar-refractivity contribution in [1.29, 1.82) is 0 Å². The average molecular weight is 416 g/mol. The van der Waals surface area contributed by atoms with Gasteiger partial charge in [0.05, 0.1) is 0 Å². The van der Waals surface area contributed by atoms with Gasteiger partial charge in [-0.25, -0.2) is 0 Å². The Balaban J connectivity index is 1.97. The third-order valence-corrected chi connectivity index (χ3v) is 22.8. The fraction of sp³-hybridized carbons (Fsp3) is 0.400. The number of thioether (sulfide) groups is 2. The van der Waals surface area contributed by atoms with Crippen LogP contribution in [0.1, 0.15) is 13.8 Å². The molecule has 6 heteroatoms. The summed E-state index contributed by atoms with van der Waals surface area (Å²) in [5.41, 5.74) is 1.57. The van der Waals surface area contributed by atoms with Crippen molar-refractivity contribution in [1.82, 2.24) is 0 Å². The molecule has 0 nitrogen and oxygen atoms in total. The Hall–Kier alpha value is 1.66. The molecule has 0 saturated carbocycles. The summed E-state index contributed by atoms with van der Waals surface area (Å²) >= 11 is 5.73. The monoisotopic (exact) mass is 418 g/mol. The fourth-order valence-corrected chi connectivity index (χ4v) is 25.4. The normalized spacial score (nSPS) is 32.4. The Bertz CT molecular complexity index is 415. The van der Waals surface area contributed by atoms with E-state index in [9.17, 15) is 0 Å². The van der Waals surface area contributed by atoms with Gasteiger partial charge in [-0.1, -0.05) is 0 Å². The Morgan fingerprint density at radius 3 is 2.94 bits per heavy atom. The van der Waals surface area contributed by atoms with Crippen molar-refractivity contribution in [3.8, 4) is 0 Å². The molecule has 1 saturated heterocycles. The van der Waals surface area contributed by atoms with Gasteiger partial charge in [0.25, 0.3) is 0 Å². The van der Waals surface area contributed by atoms with Crippen LogP contribution in [0.3, 0.4) is 0 Å². The molecule has 3 aliphatic rings. The summed E-state index contributed by atoms with van der Waals surface area (Å²) in [5, 5.41) is 0. The summed E-state index contributed by atoms with van der Waals surface area (Å²) < 4.78 is 2.08. The molecule has 0 atom stereocenters. The van der Waals surface area contributed by atoms with E-state index < -0.39 is 0 Å². The molecule has 2 aliphatic heterocycles. The standard InChI is InChI=1S/C10H10S4Se2/c1-10(2)5-11-7-4-3-6(8(7)12-10)9-13-14-16-15-9/h3-4H,5H2,1-2H3. The maximum absolute atomic E-state index is 2.36. The van der Waals surface area contributed by atoms with Gasteiger partial charge in [0.2, 0.25) is 0 Å². The van der Waals surface area contributed by atoms with E-state index in [-0.39, 0.29) is 0 Å². The molecule has 0 spiro atoms. The predicted molar refractivity (Wildman–Crippen MR) is 84.0 cm³/mol. The molecule has 1 fully saturated rings. The van der Waals surface area contributed by atoms with Gasteiger partial charge >= 0.3 is 124 Å². The quantitative estimate of drug-likeness (QED) is 0.434. The van der Waals surface area contributed by atoms with Crippen molar-refractivity contribution >= 4 is 68.7 Å². The maximum atomic E-state index is 2.36. The summed E-state index contributed by atoms with van der Waals surface area (Å²) in [4.78, 5) is 3.09. The van der Waals surface area contributed by atoms with Crippen LogP contribution in [0.2, 0.25) is 0 Å². The molecule has 1 aliphatic carbocycles. The molecule has 0 radical (unpaired) electrons. The second-order valence-electron chi connectivity index (χ2n) is 4.18. The zero-order chi connectivity index (χ0) is 11.2. The third kappa shape index (κ3) is 2.50. The van der Waals surface area contributed by atoms with Crippen LogP contribution in [-0.4, -0.2) is 35.6 Å². The second-order valence-corrected chi connectivity index (χ2v) is 20.2. The summed E-state index contributed by atoms with van der Waals surface area (Å²) in [7, 11) is 4.12. The topological polar surface area (TPSA) is 0 Å². The van der Waals surface area contributed by atoms with Crippen LogP contribution in [0.15, 0.2) is 31.3 Å². The van der Waals surface area contributed by atoms with E-state index in [0.29, 0.717) is 4.75 Å². The van der Waals surface area contributed by atoms with E-state index in [1.54, 1.807) is 14.3 Å². The first-order valence-corrected chi connectivity index (χ1v) is 16.0. The molecule has 0 aromatic carbocycles. The van der Waals surface area contributed by atoms with E-state index in [4.69, 9.17) is 0 Å². The molecular formula is C10H10S4Se2. The number of allylic oxidation sites excluding steroid dienone is 3. The molecule has 0 amide bonds. The van der Waals surface area contributed by atoms with Gasteiger partial charge in [0, 0.05) is 0 Å². The van der Waals surface area contributed by atoms with Crippen LogP contribution >= 0.6 is 43.5 Å². The summed E-state index contributed by atoms with van der Waals surface area (Å²) in [6.07, 6.45) is 4.69. The molecule has 0 aromatic rings. The van der Waals surface area contributed by atoms with Gasteiger partial charge in [-0.05, 0) is 0 Å².